The highest BCUT2D eigenvalue weighted by molar-refractivity contribution is 6.00. The summed E-state index contributed by atoms with van der Waals surface area (Å²) < 4.78 is 9.99. The lowest BCUT2D eigenvalue weighted by molar-refractivity contribution is 0.0698. The Morgan fingerprint density at radius 3 is 3.15 bits per heavy atom. The van der Waals surface area contributed by atoms with E-state index in [-0.39, 0.29) is 5.56 Å². The Morgan fingerprint density at radius 2 is 2.40 bits per heavy atom. The highest BCUT2D eigenvalue weighted by Gasteiger charge is 2.16. The largest absolute Gasteiger partial charge is 0.478 e. The van der Waals surface area contributed by atoms with Crippen LogP contribution in [-0.4, -0.2) is 38.3 Å². The number of aromatic nitrogens is 4. The maximum Gasteiger partial charge on any atom is 0.338 e. The number of pyridine rings is 1. The number of hydrogen-bond donors (Lipinski definition) is 2. The summed E-state index contributed by atoms with van der Waals surface area (Å²) in [5, 5.41) is 13.0. The van der Waals surface area contributed by atoms with Crippen molar-refractivity contribution in [2.24, 2.45) is 0 Å². The minimum atomic E-state index is -1.05. The fourth-order valence-corrected chi connectivity index (χ4v) is 1.85. The van der Waals surface area contributed by atoms with Crippen LogP contribution in [0.5, 0.6) is 0 Å². The predicted octanol–water partition coefficient (Wildman–Crippen LogP) is 1.46. The van der Waals surface area contributed by atoms with E-state index in [0.29, 0.717) is 35.0 Å². The number of carboxylic acid groups (broad SMARTS) is 1. The molecule has 0 aromatic carbocycles. The molecule has 3 aromatic rings. The normalized spacial score (nSPS) is 11.1. The van der Waals surface area contributed by atoms with Gasteiger partial charge in [-0.2, -0.15) is 0 Å². The lowest BCUT2D eigenvalue weighted by Crippen LogP contribution is -1.97. The summed E-state index contributed by atoms with van der Waals surface area (Å²) in [6.45, 7) is 0.297. The number of H-pyrrole nitrogens is 1. The molecule has 0 atom stereocenters. The topological polar surface area (TPSA) is 114 Å². The van der Waals surface area contributed by atoms with Crippen molar-refractivity contribution in [1.82, 2.24) is 20.1 Å². The lowest BCUT2D eigenvalue weighted by Gasteiger charge is -1.93. The maximum absolute atomic E-state index is 11.1. The molecule has 0 unspecified atom stereocenters. The van der Waals surface area contributed by atoms with E-state index in [4.69, 9.17) is 14.4 Å². The fourth-order valence-electron chi connectivity index (χ4n) is 1.85. The second-order valence-electron chi connectivity index (χ2n) is 4.06. The van der Waals surface area contributed by atoms with Gasteiger partial charge in [0.2, 0.25) is 0 Å². The SMILES string of the molecule is COCc1cc(-c2nc3nccc(C(=O)O)c3[nH]2)no1. The summed E-state index contributed by atoms with van der Waals surface area (Å²) in [5.74, 6) is -0.102. The first-order valence-electron chi connectivity index (χ1n) is 5.72. The van der Waals surface area contributed by atoms with Crippen LogP contribution in [0.4, 0.5) is 0 Å². The third kappa shape index (κ3) is 2.01. The summed E-state index contributed by atoms with van der Waals surface area (Å²) in [5.41, 5.74) is 1.24. The molecular weight excluding hydrogens is 264 g/mol. The Hall–Kier alpha value is -2.74. The first-order chi connectivity index (χ1) is 9.69. The van der Waals surface area contributed by atoms with Crippen LogP contribution in [0.1, 0.15) is 16.1 Å². The summed E-state index contributed by atoms with van der Waals surface area (Å²) in [6.07, 6.45) is 1.40. The maximum atomic E-state index is 11.1. The quantitative estimate of drug-likeness (QED) is 0.740. The number of aromatic amines is 1. The number of imidazole rings is 1. The van der Waals surface area contributed by atoms with Gasteiger partial charge in [-0.3, -0.25) is 0 Å². The summed E-state index contributed by atoms with van der Waals surface area (Å²) in [7, 11) is 1.55. The minimum absolute atomic E-state index is 0.106. The molecule has 0 aliphatic rings. The third-order valence-corrected chi connectivity index (χ3v) is 2.71. The van der Waals surface area contributed by atoms with Gasteiger partial charge in [0.05, 0.1) is 11.1 Å². The van der Waals surface area contributed by atoms with Crippen LogP contribution in [0.25, 0.3) is 22.7 Å². The Bertz CT molecular complexity index is 777. The van der Waals surface area contributed by atoms with Crippen molar-refractivity contribution in [3.05, 3.63) is 29.7 Å². The fraction of sp³-hybridized carbons (Fsp3) is 0.167. The van der Waals surface area contributed by atoms with E-state index in [2.05, 4.69) is 20.1 Å². The van der Waals surface area contributed by atoms with Gasteiger partial charge in [-0.15, -0.1) is 0 Å². The number of ether oxygens (including phenoxy) is 1. The molecule has 3 rings (SSSR count). The van der Waals surface area contributed by atoms with E-state index in [9.17, 15) is 4.79 Å². The average molecular weight is 274 g/mol. The molecule has 102 valence electrons. The van der Waals surface area contributed by atoms with Crippen LogP contribution in [0.3, 0.4) is 0 Å². The minimum Gasteiger partial charge on any atom is -0.478 e. The van der Waals surface area contributed by atoms with Gasteiger partial charge in [0.15, 0.2) is 17.2 Å². The molecule has 0 fully saturated rings. The van der Waals surface area contributed by atoms with Crippen molar-refractivity contribution in [1.29, 1.82) is 0 Å². The Balaban J connectivity index is 2.08. The van der Waals surface area contributed by atoms with Crippen molar-refractivity contribution in [2.45, 2.75) is 6.61 Å². The van der Waals surface area contributed by atoms with E-state index < -0.39 is 5.97 Å². The molecule has 0 aliphatic heterocycles. The molecule has 0 aliphatic carbocycles. The van der Waals surface area contributed by atoms with Gasteiger partial charge in [0.1, 0.15) is 12.3 Å². The molecule has 0 bridgehead atoms. The number of nitrogens with zero attached hydrogens (tertiary/aromatic N) is 3. The van der Waals surface area contributed by atoms with Crippen LogP contribution < -0.4 is 0 Å². The number of nitrogens with one attached hydrogen (secondary N) is 1. The Morgan fingerprint density at radius 1 is 1.55 bits per heavy atom. The van der Waals surface area contributed by atoms with Gasteiger partial charge < -0.3 is 19.4 Å². The first-order valence-corrected chi connectivity index (χ1v) is 5.72. The zero-order valence-electron chi connectivity index (χ0n) is 10.5. The van der Waals surface area contributed by atoms with E-state index in [0.717, 1.165) is 0 Å². The average Bonchev–Trinajstić information content (AvgIpc) is 3.03. The third-order valence-electron chi connectivity index (χ3n) is 2.71. The second kappa shape index (κ2) is 4.74. The number of carbonyl (C=O) groups is 1. The van der Waals surface area contributed by atoms with Gasteiger partial charge >= 0.3 is 5.97 Å². The van der Waals surface area contributed by atoms with Crippen molar-refractivity contribution < 1.29 is 19.2 Å². The standard InChI is InChI=1S/C12H10N4O4/c1-19-5-6-4-8(16-20-6)10-14-9-7(12(17)18)2-3-13-11(9)15-10/h2-4H,5H2,1H3,(H,17,18)(H,13,14,15). The van der Waals surface area contributed by atoms with E-state index >= 15 is 0 Å². The molecule has 0 spiro atoms. The van der Waals surface area contributed by atoms with Crippen LogP contribution in [0.2, 0.25) is 0 Å². The highest BCUT2D eigenvalue weighted by Crippen LogP contribution is 2.21. The van der Waals surface area contributed by atoms with E-state index in [1.54, 1.807) is 13.2 Å². The number of carboxylic acids is 1. The molecule has 20 heavy (non-hydrogen) atoms. The van der Waals surface area contributed by atoms with E-state index in [1.165, 1.54) is 12.3 Å². The smallest absolute Gasteiger partial charge is 0.338 e. The van der Waals surface area contributed by atoms with Gasteiger partial charge in [0, 0.05) is 19.4 Å². The zero-order chi connectivity index (χ0) is 14.1. The molecule has 2 N–H and O–H groups in total. The predicted molar refractivity (Wildman–Crippen MR) is 67.1 cm³/mol. The van der Waals surface area contributed by atoms with Crippen molar-refractivity contribution in [3.63, 3.8) is 0 Å². The van der Waals surface area contributed by atoms with Gasteiger partial charge in [-0.1, -0.05) is 5.16 Å². The molecule has 3 heterocycles. The molecule has 3 aromatic heterocycles. The number of aromatic carboxylic acids is 1. The van der Waals surface area contributed by atoms with Crippen LogP contribution in [-0.2, 0) is 11.3 Å². The number of fused-ring (bicyclic) bond motifs is 1. The Kier molecular flexibility index (Phi) is 2.92. The molecule has 0 saturated carbocycles. The first kappa shape index (κ1) is 12.3. The number of rotatable bonds is 4. The highest BCUT2D eigenvalue weighted by atomic mass is 16.5. The molecule has 8 heteroatoms. The van der Waals surface area contributed by atoms with Crippen molar-refractivity contribution in [2.75, 3.05) is 7.11 Å². The van der Waals surface area contributed by atoms with Gasteiger partial charge in [0.25, 0.3) is 0 Å². The summed E-state index contributed by atoms with van der Waals surface area (Å²) in [6, 6.07) is 3.08. The lowest BCUT2D eigenvalue weighted by atomic mass is 10.2. The monoisotopic (exact) mass is 274 g/mol. The van der Waals surface area contributed by atoms with Gasteiger partial charge in [-0.25, -0.2) is 14.8 Å². The van der Waals surface area contributed by atoms with Crippen LogP contribution in [0, 0.1) is 0 Å². The number of hydrogen-bond acceptors (Lipinski definition) is 6. The number of methoxy groups -OCH3 is 1. The van der Waals surface area contributed by atoms with Gasteiger partial charge in [-0.05, 0) is 6.07 Å². The van der Waals surface area contributed by atoms with Crippen molar-refractivity contribution >= 4 is 17.1 Å². The molecule has 0 radical (unpaired) electrons. The van der Waals surface area contributed by atoms with Crippen LogP contribution >= 0.6 is 0 Å². The molecular formula is C12H10N4O4. The zero-order valence-corrected chi connectivity index (χ0v) is 10.5. The summed E-state index contributed by atoms with van der Waals surface area (Å²) >= 11 is 0. The Labute approximate surface area is 112 Å². The summed E-state index contributed by atoms with van der Waals surface area (Å²) in [4.78, 5) is 22.3. The van der Waals surface area contributed by atoms with Crippen LogP contribution in [0.15, 0.2) is 22.9 Å². The molecule has 0 saturated heterocycles. The molecule has 8 nitrogen and oxygen atoms in total. The van der Waals surface area contributed by atoms with E-state index in [1.807, 2.05) is 0 Å². The second-order valence-corrected chi connectivity index (χ2v) is 4.06. The molecule has 0 amide bonds. The van der Waals surface area contributed by atoms with Crippen molar-refractivity contribution in [3.8, 4) is 11.5 Å².